The summed E-state index contributed by atoms with van der Waals surface area (Å²) in [5.74, 6) is 0.322. The van der Waals surface area contributed by atoms with E-state index in [0.29, 0.717) is 17.3 Å². The van der Waals surface area contributed by atoms with Crippen LogP contribution in [-0.4, -0.2) is 27.7 Å². The number of carbonyl (C=O) groups excluding carboxylic acids is 1. The highest BCUT2D eigenvalue weighted by Crippen LogP contribution is 2.20. The van der Waals surface area contributed by atoms with Gasteiger partial charge in [0.25, 0.3) is 0 Å². The fraction of sp³-hybridized carbons (Fsp3) is 0.105. The van der Waals surface area contributed by atoms with Gasteiger partial charge in [0, 0.05) is 23.8 Å². The van der Waals surface area contributed by atoms with Gasteiger partial charge in [0.2, 0.25) is 5.88 Å². The van der Waals surface area contributed by atoms with Crippen molar-refractivity contribution in [2.45, 2.75) is 6.10 Å². The number of pyridine rings is 2. The van der Waals surface area contributed by atoms with E-state index in [4.69, 9.17) is 16.3 Å². The molecular formula is C19H16ClFN4O3. The number of hydrogen-bond donors (Lipinski definition) is 3. The van der Waals surface area contributed by atoms with Gasteiger partial charge in [-0.2, -0.15) is 0 Å². The molecule has 0 aliphatic rings. The minimum Gasteiger partial charge on any atom is -0.437 e. The fourth-order valence-corrected chi connectivity index (χ4v) is 2.52. The van der Waals surface area contributed by atoms with Crippen molar-refractivity contribution in [3.05, 3.63) is 77.5 Å². The van der Waals surface area contributed by atoms with Gasteiger partial charge in [0.1, 0.15) is 11.6 Å². The predicted molar refractivity (Wildman–Crippen MR) is 102 cm³/mol. The lowest BCUT2D eigenvalue weighted by Crippen LogP contribution is -2.32. The maximum Gasteiger partial charge on any atom is 0.319 e. The van der Waals surface area contributed by atoms with E-state index >= 15 is 0 Å². The van der Waals surface area contributed by atoms with Crippen LogP contribution in [0.1, 0.15) is 11.7 Å². The molecule has 0 bridgehead atoms. The Hall–Kier alpha value is -3.23. The van der Waals surface area contributed by atoms with Gasteiger partial charge in [0.15, 0.2) is 0 Å². The number of aromatic nitrogens is 2. The van der Waals surface area contributed by atoms with E-state index in [1.54, 1.807) is 36.7 Å². The van der Waals surface area contributed by atoms with Crippen LogP contribution in [0.25, 0.3) is 0 Å². The van der Waals surface area contributed by atoms with Crippen LogP contribution in [0.4, 0.5) is 14.9 Å². The molecular weight excluding hydrogens is 387 g/mol. The lowest BCUT2D eigenvalue weighted by atomic mass is 10.1. The molecule has 3 rings (SSSR count). The average Bonchev–Trinajstić information content (AvgIpc) is 2.68. The number of rotatable bonds is 6. The first-order chi connectivity index (χ1) is 13.5. The lowest BCUT2D eigenvalue weighted by molar-refractivity contribution is 0.174. The van der Waals surface area contributed by atoms with Gasteiger partial charge in [0.05, 0.1) is 24.2 Å². The molecule has 9 heteroatoms. The number of aliphatic hydroxyl groups excluding tert-OH is 1. The van der Waals surface area contributed by atoms with E-state index in [9.17, 15) is 14.3 Å². The summed E-state index contributed by atoms with van der Waals surface area (Å²) in [6.45, 7) is -0.124. The van der Waals surface area contributed by atoms with Crippen molar-refractivity contribution in [3.8, 4) is 11.6 Å². The van der Waals surface area contributed by atoms with E-state index in [2.05, 4.69) is 20.6 Å². The van der Waals surface area contributed by atoms with E-state index in [1.165, 1.54) is 12.3 Å². The molecule has 144 valence electrons. The van der Waals surface area contributed by atoms with E-state index in [0.717, 1.165) is 12.1 Å². The maximum atomic E-state index is 13.3. The van der Waals surface area contributed by atoms with Crippen molar-refractivity contribution in [1.82, 2.24) is 15.3 Å². The number of urea groups is 1. The van der Waals surface area contributed by atoms with Gasteiger partial charge in [-0.15, -0.1) is 0 Å². The molecule has 0 spiro atoms. The van der Waals surface area contributed by atoms with Gasteiger partial charge in [-0.1, -0.05) is 11.6 Å². The summed E-state index contributed by atoms with van der Waals surface area (Å²) in [6, 6.07) is 9.85. The summed E-state index contributed by atoms with van der Waals surface area (Å²) >= 11 is 5.76. The molecule has 3 N–H and O–H groups in total. The second kappa shape index (κ2) is 9.12. The molecule has 0 aliphatic carbocycles. The van der Waals surface area contributed by atoms with Gasteiger partial charge < -0.3 is 20.5 Å². The topological polar surface area (TPSA) is 96.4 Å². The predicted octanol–water partition coefficient (Wildman–Crippen LogP) is 3.92. The monoisotopic (exact) mass is 402 g/mol. The lowest BCUT2D eigenvalue weighted by Gasteiger charge is -2.13. The van der Waals surface area contributed by atoms with Crippen molar-refractivity contribution in [2.24, 2.45) is 0 Å². The van der Waals surface area contributed by atoms with Gasteiger partial charge in [-0.3, -0.25) is 4.98 Å². The smallest absolute Gasteiger partial charge is 0.319 e. The molecule has 1 unspecified atom stereocenters. The van der Waals surface area contributed by atoms with Crippen LogP contribution in [0.15, 0.2) is 61.1 Å². The number of hydrogen-bond acceptors (Lipinski definition) is 5. The van der Waals surface area contributed by atoms with Crippen molar-refractivity contribution in [1.29, 1.82) is 0 Å². The summed E-state index contributed by atoms with van der Waals surface area (Å²) in [7, 11) is 0. The van der Waals surface area contributed by atoms with Crippen LogP contribution < -0.4 is 15.4 Å². The number of carbonyl (C=O) groups is 1. The van der Waals surface area contributed by atoms with Gasteiger partial charge in [-0.05, 0) is 42.0 Å². The Kier molecular flexibility index (Phi) is 6.36. The minimum absolute atomic E-state index is 0.124. The summed E-state index contributed by atoms with van der Waals surface area (Å²) in [5.41, 5.74) is 0.697. The number of halogens is 2. The standard InChI is InChI=1S/C19H16ClFN4O3/c20-13-6-12(7-14(21)8-13)17(26)11-24-19(27)25-15-3-4-18(23-9-15)28-16-2-1-5-22-10-16/h1-10,17,26H,11H2,(H2,24,25,27). The third-order valence-corrected chi connectivity index (χ3v) is 3.79. The van der Waals surface area contributed by atoms with Crippen molar-refractivity contribution >= 4 is 23.3 Å². The molecule has 1 aromatic carbocycles. The van der Waals surface area contributed by atoms with Gasteiger partial charge in [-0.25, -0.2) is 14.2 Å². The third kappa shape index (κ3) is 5.63. The molecule has 2 aromatic heterocycles. The van der Waals surface area contributed by atoms with Gasteiger partial charge >= 0.3 is 6.03 Å². The number of amides is 2. The molecule has 28 heavy (non-hydrogen) atoms. The summed E-state index contributed by atoms with van der Waals surface area (Å²) in [5, 5.41) is 15.3. The zero-order valence-electron chi connectivity index (χ0n) is 14.5. The normalized spacial score (nSPS) is 11.5. The summed E-state index contributed by atoms with van der Waals surface area (Å²) in [4.78, 5) is 20.0. The maximum absolute atomic E-state index is 13.3. The Morgan fingerprint density at radius 3 is 2.79 bits per heavy atom. The van der Waals surface area contributed by atoms with E-state index in [1.807, 2.05) is 0 Å². The largest absolute Gasteiger partial charge is 0.437 e. The zero-order chi connectivity index (χ0) is 19.9. The van der Waals surface area contributed by atoms with E-state index in [-0.39, 0.29) is 17.1 Å². The first-order valence-corrected chi connectivity index (χ1v) is 8.60. The first kappa shape index (κ1) is 19.5. The Bertz CT molecular complexity index is 921. The van der Waals surface area contributed by atoms with Crippen molar-refractivity contribution in [2.75, 3.05) is 11.9 Å². The first-order valence-electron chi connectivity index (χ1n) is 8.22. The molecule has 0 fully saturated rings. The highest BCUT2D eigenvalue weighted by Gasteiger charge is 2.12. The molecule has 0 saturated carbocycles. The zero-order valence-corrected chi connectivity index (χ0v) is 15.2. The fourth-order valence-electron chi connectivity index (χ4n) is 2.29. The van der Waals surface area contributed by atoms with E-state index < -0.39 is 18.0 Å². The van der Waals surface area contributed by atoms with Crippen LogP contribution in [-0.2, 0) is 0 Å². The van der Waals surface area contributed by atoms with Crippen molar-refractivity contribution in [3.63, 3.8) is 0 Å². The van der Waals surface area contributed by atoms with Crippen LogP contribution in [0.2, 0.25) is 5.02 Å². The molecule has 0 aliphatic heterocycles. The van der Waals surface area contributed by atoms with Crippen LogP contribution in [0, 0.1) is 5.82 Å². The molecule has 3 aromatic rings. The number of aliphatic hydroxyl groups is 1. The van der Waals surface area contributed by atoms with Crippen molar-refractivity contribution < 1.29 is 19.0 Å². The third-order valence-electron chi connectivity index (χ3n) is 3.58. The minimum atomic E-state index is -1.10. The number of ether oxygens (including phenoxy) is 1. The SMILES string of the molecule is O=C(NCC(O)c1cc(F)cc(Cl)c1)Nc1ccc(Oc2cccnc2)nc1. The Morgan fingerprint density at radius 1 is 1.25 bits per heavy atom. The quantitative estimate of drug-likeness (QED) is 0.580. The molecule has 1 atom stereocenters. The number of anilines is 1. The molecule has 2 amide bonds. The summed E-state index contributed by atoms with van der Waals surface area (Å²) < 4.78 is 18.8. The van der Waals surface area contributed by atoms with Crippen LogP contribution >= 0.6 is 11.6 Å². The van der Waals surface area contributed by atoms with Crippen LogP contribution in [0.3, 0.4) is 0 Å². The molecule has 2 heterocycles. The Balaban J connectivity index is 1.50. The summed E-state index contributed by atoms with van der Waals surface area (Å²) in [6.07, 6.45) is 3.50. The average molecular weight is 403 g/mol. The number of benzene rings is 1. The molecule has 0 radical (unpaired) electrons. The number of nitrogens with one attached hydrogen (secondary N) is 2. The molecule has 7 nitrogen and oxygen atoms in total. The Labute approximate surface area is 165 Å². The highest BCUT2D eigenvalue weighted by molar-refractivity contribution is 6.30. The molecule has 0 saturated heterocycles. The number of nitrogens with zero attached hydrogens (tertiary/aromatic N) is 2. The second-order valence-electron chi connectivity index (χ2n) is 5.73. The van der Waals surface area contributed by atoms with Crippen LogP contribution in [0.5, 0.6) is 11.6 Å². The Morgan fingerprint density at radius 2 is 2.11 bits per heavy atom. The second-order valence-corrected chi connectivity index (χ2v) is 6.17. The highest BCUT2D eigenvalue weighted by atomic mass is 35.5.